The van der Waals surface area contributed by atoms with Crippen molar-refractivity contribution < 1.29 is 0 Å². The predicted octanol–water partition coefficient (Wildman–Crippen LogP) is -0.388. The standard InChI is InChI=1S/C7H12N4/c1-3-10(5-8-1)7-11-4-2-9-6-11/h1-4,8-9H,5-7H2. The van der Waals surface area contributed by atoms with E-state index in [1.54, 1.807) is 0 Å². The van der Waals surface area contributed by atoms with E-state index in [1.165, 1.54) is 0 Å². The molecule has 0 aliphatic carbocycles. The van der Waals surface area contributed by atoms with Crippen molar-refractivity contribution in [2.45, 2.75) is 0 Å². The first-order valence-electron chi connectivity index (χ1n) is 3.73. The van der Waals surface area contributed by atoms with Crippen molar-refractivity contribution >= 4 is 0 Å². The van der Waals surface area contributed by atoms with E-state index < -0.39 is 0 Å². The highest BCUT2D eigenvalue weighted by Crippen LogP contribution is 2.00. The van der Waals surface area contributed by atoms with Crippen molar-refractivity contribution in [2.75, 3.05) is 20.0 Å². The Hall–Kier alpha value is -1.32. The van der Waals surface area contributed by atoms with E-state index >= 15 is 0 Å². The summed E-state index contributed by atoms with van der Waals surface area (Å²) in [4.78, 5) is 4.41. The van der Waals surface area contributed by atoms with E-state index in [0.717, 1.165) is 20.0 Å². The van der Waals surface area contributed by atoms with Crippen molar-refractivity contribution in [3.05, 3.63) is 24.8 Å². The molecule has 2 aliphatic heterocycles. The van der Waals surface area contributed by atoms with Gasteiger partial charge in [-0.15, -0.1) is 0 Å². The van der Waals surface area contributed by atoms with Gasteiger partial charge in [0.25, 0.3) is 0 Å². The Kier molecular flexibility index (Phi) is 1.59. The summed E-state index contributed by atoms with van der Waals surface area (Å²) in [6.07, 6.45) is 8.05. The van der Waals surface area contributed by atoms with Crippen LogP contribution < -0.4 is 10.6 Å². The van der Waals surface area contributed by atoms with Gasteiger partial charge in [-0.3, -0.25) is 0 Å². The SMILES string of the molecule is C1=CN(CN2C=CNC2)CN1. The van der Waals surface area contributed by atoms with Gasteiger partial charge in [-0.2, -0.15) is 0 Å². The Morgan fingerprint density at radius 3 is 1.91 bits per heavy atom. The number of rotatable bonds is 2. The fraction of sp³-hybridized carbons (Fsp3) is 0.429. The molecule has 0 aromatic rings. The average Bonchev–Trinajstić information content (AvgIpc) is 2.60. The summed E-state index contributed by atoms with van der Waals surface area (Å²) in [5.41, 5.74) is 0. The minimum atomic E-state index is 0.921. The second-order valence-corrected chi connectivity index (χ2v) is 2.67. The predicted molar refractivity (Wildman–Crippen MR) is 42.8 cm³/mol. The molecule has 0 unspecified atom stereocenters. The summed E-state index contributed by atoms with van der Waals surface area (Å²) in [5, 5.41) is 6.24. The van der Waals surface area contributed by atoms with Gasteiger partial charge in [0.1, 0.15) is 0 Å². The second kappa shape index (κ2) is 2.74. The molecular formula is C7H12N4. The Balaban J connectivity index is 1.80. The molecule has 0 fully saturated rings. The molecular weight excluding hydrogens is 140 g/mol. The van der Waals surface area contributed by atoms with Gasteiger partial charge in [0.15, 0.2) is 0 Å². The molecule has 11 heavy (non-hydrogen) atoms. The molecule has 2 aliphatic rings. The highest BCUT2D eigenvalue weighted by Gasteiger charge is 2.08. The van der Waals surface area contributed by atoms with Gasteiger partial charge >= 0.3 is 0 Å². The summed E-state index contributed by atoms with van der Waals surface area (Å²) in [5.74, 6) is 0. The van der Waals surface area contributed by atoms with E-state index in [0.29, 0.717) is 0 Å². The van der Waals surface area contributed by atoms with Gasteiger partial charge in [0.05, 0.1) is 20.0 Å². The highest BCUT2D eigenvalue weighted by atomic mass is 15.4. The number of nitrogens with one attached hydrogen (secondary N) is 2. The molecule has 0 saturated carbocycles. The lowest BCUT2D eigenvalue weighted by Crippen LogP contribution is -2.33. The average molecular weight is 152 g/mol. The highest BCUT2D eigenvalue weighted by molar-refractivity contribution is 4.91. The van der Waals surface area contributed by atoms with Crippen LogP contribution in [0.25, 0.3) is 0 Å². The van der Waals surface area contributed by atoms with Crippen molar-refractivity contribution in [1.82, 2.24) is 20.4 Å². The fourth-order valence-electron chi connectivity index (χ4n) is 1.19. The van der Waals surface area contributed by atoms with Crippen LogP contribution in [0.5, 0.6) is 0 Å². The van der Waals surface area contributed by atoms with Gasteiger partial charge in [0.2, 0.25) is 0 Å². The van der Waals surface area contributed by atoms with Crippen LogP contribution >= 0.6 is 0 Å². The third-order valence-corrected chi connectivity index (χ3v) is 1.76. The zero-order valence-corrected chi connectivity index (χ0v) is 6.33. The second-order valence-electron chi connectivity index (χ2n) is 2.67. The maximum atomic E-state index is 3.12. The molecule has 4 nitrogen and oxygen atoms in total. The van der Waals surface area contributed by atoms with Crippen LogP contribution in [0.3, 0.4) is 0 Å². The zero-order chi connectivity index (χ0) is 7.52. The van der Waals surface area contributed by atoms with Crippen molar-refractivity contribution in [3.8, 4) is 0 Å². The number of hydrogen-bond acceptors (Lipinski definition) is 4. The molecule has 0 saturated heterocycles. The molecule has 4 heteroatoms. The van der Waals surface area contributed by atoms with Crippen LogP contribution in [0.15, 0.2) is 24.8 Å². The Morgan fingerprint density at radius 1 is 1.00 bits per heavy atom. The van der Waals surface area contributed by atoms with Crippen molar-refractivity contribution in [1.29, 1.82) is 0 Å². The molecule has 2 N–H and O–H groups in total. The minimum absolute atomic E-state index is 0.921. The molecule has 2 rings (SSSR count). The number of nitrogens with zero attached hydrogens (tertiary/aromatic N) is 2. The summed E-state index contributed by atoms with van der Waals surface area (Å²) in [6.45, 7) is 2.79. The molecule has 0 amide bonds. The normalized spacial score (nSPS) is 20.7. The first-order valence-corrected chi connectivity index (χ1v) is 3.73. The third-order valence-electron chi connectivity index (χ3n) is 1.76. The first-order chi connectivity index (χ1) is 5.45. The monoisotopic (exact) mass is 152 g/mol. The zero-order valence-electron chi connectivity index (χ0n) is 6.33. The maximum absolute atomic E-state index is 3.12. The van der Waals surface area contributed by atoms with E-state index in [2.05, 4.69) is 32.8 Å². The van der Waals surface area contributed by atoms with E-state index in [-0.39, 0.29) is 0 Å². The summed E-state index contributed by atoms with van der Waals surface area (Å²) in [7, 11) is 0. The van der Waals surface area contributed by atoms with E-state index in [1.807, 2.05) is 12.4 Å². The Morgan fingerprint density at radius 2 is 1.55 bits per heavy atom. The molecule has 0 radical (unpaired) electrons. The van der Waals surface area contributed by atoms with Crippen molar-refractivity contribution in [3.63, 3.8) is 0 Å². The maximum Gasteiger partial charge on any atom is 0.0927 e. The van der Waals surface area contributed by atoms with Crippen LogP contribution in [0.1, 0.15) is 0 Å². The van der Waals surface area contributed by atoms with Crippen LogP contribution in [-0.2, 0) is 0 Å². The summed E-state index contributed by atoms with van der Waals surface area (Å²) < 4.78 is 0. The quantitative estimate of drug-likeness (QED) is 0.564. The van der Waals surface area contributed by atoms with E-state index in [4.69, 9.17) is 0 Å². The Bertz CT molecular complexity index is 167. The van der Waals surface area contributed by atoms with Gasteiger partial charge in [-0.25, -0.2) is 0 Å². The molecule has 60 valence electrons. The lowest BCUT2D eigenvalue weighted by atomic mass is 10.7. The molecule has 0 aromatic heterocycles. The smallest absolute Gasteiger partial charge is 0.0927 e. The van der Waals surface area contributed by atoms with Crippen LogP contribution in [0.2, 0.25) is 0 Å². The Labute approximate surface area is 66.2 Å². The van der Waals surface area contributed by atoms with Gasteiger partial charge in [-0.1, -0.05) is 0 Å². The molecule has 0 bridgehead atoms. The fourth-order valence-corrected chi connectivity index (χ4v) is 1.19. The van der Waals surface area contributed by atoms with Crippen LogP contribution in [0.4, 0.5) is 0 Å². The summed E-state index contributed by atoms with van der Waals surface area (Å²) in [6, 6.07) is 0. The lowest BCUT2D eigenvalue weighted by molar-refractivity contribution is 0.239. The van der Waals surface area contributed by atoms with Gasteiger partial charge in [0, 0.05) is 24.8 Å². The third kappa shape index (κ3) is 1.39. The van der Waals surface area contributed by atoms with E-state index in [9.17, 15) is 0 Å². The molecule has 2 heterocycles. The van der Waals surface area contributed by atoms with Gasteiger partial charge in [-0.05, 0) is 0 Å². The molecule has 0 spiro atoms. The van der Waals surface area contributed by atoms with Crippen LogP contribution in [0, 0.1) is 0 Å². The van der Waals surface area contributed by atoms with Crippen LogP contribution in [-0.4, -0.2) is 29.8 Å². The first kappa shape index (κ1) is 6.39. The van der Waals surface area contributed by atoms with Gasteiger partial charge < -0.3 is 20.4 Å². The summed E-state index contributed by atoms with van der Waals surface area (Å²) >= 11 is 0. The molecule has 0 aromatic carbocycles. The largest absolute Gasteiger partial charge is 0.372 e. The topological polar surface area (TPSA) is 30.5 Å². The van der Waals surface area contributed by atoms with Crippen molar-refractivity contribution in [2.24, 2.45) is 0 Å². The number of hydrogen-bond donors (Lipinski definition) is 2. The lowest BCUT2D eigenvalue weighted by Gasteiger charge is -2.22. The molecule has 0 atom stereocenters. The minimum Gasteiger partial charge on any atom is -0.372 e.